The quantitative estimate of drug-likeness (QED) is 0.0891. The fourth-order valence-electron chi connectivity index (χ4n) is 5.59. The van der Waals surface area contributed by atoms with Gasteiger partial charge in [0.1, 0.15) is 11.5 Å². The molecule has 0 aliphatic heterocycles. The van der Waals surface area contributed by atoms with Crippen molar-refractivity contribution in [1.29, 1.82) is 0 Å². The van der Waals surface area contributed by atoms with Gasteiger partial charge in [-0.25, -0.2) is 4.79 Å². The van der Waals surface area contributed by atoms with E-state index in [0.717, 1.165) is 52.2 Å². The van der Waals surface area contributed by atoms with Crippen molar-refractivity contribution in [2.45, 2.75) is 32.3 Å². The Hall–Kier alpha value is -5.79. The normalized spacial score (nSPS) is 11.4. The van der Waals surface area contributed by atoms with Gasteiger partial charge in [0, 0.05) is 19.0 Å². The Morgan fingerprint density at radius 1 is 0.750 bits per heavy atom. The number of amides is 1. The molecule has 1 atom stereocenters. The van der Waals surface area contributed by atoms with Gasteiger partial charge in [0.2, 0.25) is 0 Å². The third kappa shape index (κ3) is 8.13. The fourth-order valence-corrected chi connectivity index (χ4v) is 5.59. The van der Waals surface area contributed by atoms with Gasteiger partial charge in [-0.3, -0.25) is 9.59 Å². The van der Waals surface area contributed by atoms with Gasteiger partial charge in [-0.15, -0.1) is 6.58 Å². The standard InChI is InChI=1S/C41H37NO6/c1-4-38(43)34-25-37(41(46)47)36(40(45)42-3)24-35(34)39(44)23-29-9-6-8-28(22-29)12-11-27-13-15-30(16-14-27)31-17-19-32(20-18-31)48-33-10-5-7-26(2)21-33/h4-10,13-22,24-25,38,43H,1,11-12,23H2,2-3H3,(H,42,45)(H,46,47). The molecule has 1 unspecified atom stereocenters. The van der Waals surface area contributed by atoms with Crippen LogP contribution in [-0.4, -0.2) is 34.9 Å². The number of aryl methyl sites for hydroxylation is 3. The zero-order chi connectivity index (χ0) is 34.2. The Labute approximate surface area is 280 Å². The van der Waals surface area contributed by atoms with Crippen LogP contribution in [0.3, 0.4) is 0 Å². The molecule has 0 aliphatic carbocycles. The van der Waals surface area contributed by atoms with Gasteiger partial charge in [-0.05, 0) is 95.1 Å². The Kier molecular flexibility index (Phi) is 10.6. The van der Waals surface area contributed by atoms with Crippen LogP contribution in [0.2, 0.25) is 0 Å². The van der Waals surface area contributed by atoms with Gasteiger partial charge in [-0.2, -0.15) is 0 Å². The number of carboxylic acids is 1. The van der Waals surface area contributed by atoms with Crippen molar-refractivity contribution in [2.24, 2.45) is 0 Å². The third-order valence-electron chi connectivity index (χ3n) is 8.16. The summed E-state index contributed by atoms with van der Waals surface area (Å²) in [6.07, 6.45) is 1.51. The van der Waals surface area contributed by atoms with Crippen LogP contribution in [0.4, 0.5) is 0 Å². The highest BCUT2D eigenvalue weighted by molar-refractivity contribution is 6.08. The number of carbonyl (C=O) groups excluding carboxylic acids is 2. The summed E-state index contributed by atoms with van der Waals surface area (Å²) in [7, 11) is 1.38. The molecule has 0 bridgehead atoms. The maximum Gasteiger partial charge on any atom is 0.336 e. The van der Waals surface area contributed by atoms with Gasteiger partial charge >= 0.3 is 5.97 Å². The van der Waals surface area contributed by atoms with Crippen molar-refractivity contribution in [3.05, 3.63) is 166 Å². The molecule has 242 valence electrons. The number of benzene rings is 5. The lowest BCUT2D eigenvalue weighted by molar-refractivity contribution is 0.0690. The highest BCUT2D eigenvalue weighted by Gasteiger charge is 2.24. The van der Waals surface area contributed by atoms with Crippen LogP contribution >= 0.6 is 0 Å². The van der Waals surface area contributed by atoms with E-state index in [2.05, 4.69) is 36.2 Å². The molecule has 0 fully saturated rings. The van der Waals surface area contributed by atoms with Gasteiger partial charge in [0.15, 0.2) is 5.78 Å². The van der Waals surface area contributed by atoms with E-state index in [0.29, 0.717) is 0 Å². The predicted molar refractivity (Wildman–Crippen MR) is 187 cm³/mol. The van der Waals surface area contributed by atoms with Crippen LogP contribution in [0.5, 0.6) is 11.5 Å². The molecule has 0 aliphatic rings. The second-order valence-corrected chi connectivity index (χ2v) is 11.6. The molecule has 0 radical (unpaired) electrons. The van der Waals surface area contributed by atoms with Crippen LogP contribution in [0, 0.1) is 6.92 Å². The van der Waals surface area contributed by atoms with E-state index in [1.165, 1.54) is 30.8 Å². The van der Waals surface area contributed by atoms with E-state index in [1.54, 1.807) is 0 Å². The van der Waals surface area contributed by atoms with Crippen LogP contribution < -0.4 is 10.1 Å². The van der Waals surface area contributed by atoms with Crippen molar-refractivity contribution in [3.8, 4) is 22.6 Å². The summed E-state index contributed by atoms with van der Waals surface area (Å²) in [4.78, 5) is 37.8. The van der Waals surface area contributed by atoms with Crippen LogP contribution in [0.15, 0.2) is 122 Å². The van der Waals surface area contributed by atoms with E-state index in [1.807, 2.05) is 79.7 Å². The van der Waals surface area contributed by atoms with Crippen LogP contribution in [0.1, 0.15) is 65.0 Å². The average Bonchev–Trinajstić information content (AvgIpc) is 3.10. The van der Waals surface area contributed by atoms with Gasteiger partial charge in [0.25, 0.3) is 5.91 Å². The largest absolute Gasteiger partial charge is 0.478 e. The predicted octanol–water partition coefficient (Wildman–Crippen LogP) is 7.94. The molecular formula is C41H37NO6. The first kappa shape index (κ1) is 33.6. The molecule has 0 spiro atoms. The molecule has 1 amide bonds. The Balaban J connectivity index is 1.24. The molecule has 0 aromatic heterocycles. The highest BCUT2D eigenvalue weighted by atomic mass is 16.5. The molecule has 7 heteroatoms. The number of ether oxygens (including phenoxy) is 1. The second kappa shape index (κ2) is 15.2. The first-order valence-corrected chi connectivity index (χ1v) is 15.6. The molecule has 5 aromatic carbocycles. The molecule has 48 heavy (non-hydrogen) atoms. The van der Waals surface area contributed by atoms with Crippen molar-refractivity contribution in [2.75, 3.05) is 7.05 Å². The minimum absolute atomic E-state index is 0.00776. The maximum atomic E-state index is 13.5. The topological polar surface area (TPSA) is 113 Å². The molecule has 3 N–H and O–H groups in total. The highest BCUT2D eigenvalue weighted by Crippen LogP contribution is 2.28. The number of carbonyl (C=O) groups is 3. The number of hydrogen-bond donors (Lipinski definition) is 3. The minimum Gasteiger partial charge on any atom is -0.478 e. The number of aliphatic hydroxyl groups excluding tert-OH is 1. The summed E-state index contributed by atoms with van der Waals surface area (Å²) in [5.41, 5.74) is 6.07. The van der Waals surface area contributed by atoms with Crippen molar-refractivity contribution in [3.63, 3.8) is 0 Å². The second-order valence-electron chi connectivity index (χ2n) is 11.6. The van der Waals surface area contributed by atoms with E-state index in [4.69, 9.17) is 4.74 Å². The molecule has 5 aromatic rings. The Bertz CT molecular complexity index is 1960. The van der Waals surface area contributed by atoms with E-state index in [-0.39, 0.29) is 34.5 Å². The number of Topliss-reactive ketones (excluding diaryl/α,β-unsaturated/α-hetero) is 1. The van der Waals surface area contributed by atoms with Crippen LogP contribution in [-0.2, 0) is 19.3 Å². The summed E-state index contributed by atoms with van der Waals surface area (Å²) in [5.74, 6) is -0.742. The molecule has 0 saturated carbocycles. The number of nitrogens with one attached hydrogen (secondary N) is 1. The first-order chi connectivity index (χ1) is 23.1. The monoisotopic (exact) mass is 639 g/mol. The summed E-state index contributed by atoms with van der Waals surface area (Å²) < 4.78 is 5.98. The third-order valence-corrected chi connectivity index (χ3v) is 8.16. The molecular weight excluding hydrogens is 602 g/mol. The number of ketones is 1. The zero-order valence-corrected chi connectivity index (χ0v) is 26.9. The first-order valence-electron chi connectivity index (χ1n) is 15.6. The fraction of sp³-hybridized carbons (Fsp3) is 0.146. The number of carboxylic acid groups (broad SMARTS) is 1. The summed E-state index contributed by atoms with van der Waals surface area (Å²) >= 11 is 0. The Morgan fingerprint density at radius 3 is 2.04 bits per heavy atom. The van der Waals surface area contributed by atoms with E-state index >= 15 is 0 Å². The molecule has 0 saturated heterocycles. The lowest BCUT2D eigenvalue weighted by Crippen LogP contribution is -2.23. The molecule has 0 heterocycles. The van der Waals surface area contributed by atoms with E-state index in [9.17, 15) is 24.6 Å². The lowest BCUT2D eigenvalue weighted by Gasteiger charge is -2.16. The van der Waals surface area contributed by atoms with Gasteiger partial charge in [0.05, 0.1) is 17.2 Å². The van der Waals surface area contributed by atoms with Gasteiger partial charge in [-0.1, -0.05) is 78.9 Å². The van der Waals surface area contributed by atoms with Crippen molar-refractivity contribution >= 4 is 17.7 Å². The SMILES string of the molecule is C=CC(O)c1cc(C(=O)O)c(C(=O)NC)cc1C(=O)Cc1cccc(CCc2ccc(-c3ccc(Oc4cccc(C)c4)cc3)cc2)c1. The maximum absolute atomic E-state index is 13.5. The number of rotatable bonds is 13. The van der Waals surface area contributed by atoms with Crippen LogP contribution in [0.25, 0.3) is 11.1 Å². The smallest absolute Gasteiger partial charge is 0.336 e. The number of aliphatic hydroxyl groups is 1. The zero-order valence-electron chi connectivity index (χ0n) is 26.9. The molecule has 5 rings (SSSR count). The minimum atomic E-state index is -1.34. The number of aromatic carboxylic acids is 1. The summed E-state index contributed by atoms with van der Waals surface area (Å²) in [5, 5.41) is 22.6. The number of hydrogen-bond acceptors (Lipinski definition) is 5. The Morgan fingerprint density at radius 2 is 1.40 bits per heavy atom. The van der Waals surface area contributed by atoms with E-state index < -0.39 is 18.0 Å². The van der Waals surface area contributed by atoms with Gasteiger partial charge < -0.3 is 20.3 Å². The summed E-state index contributed by atoms with van der Waals surface area (Å²) in [6.45, 7) is 5.61. The average molecular weight is 640 g/mol. The molecule has 7 nitrogen and oxygen atoms in total. The summed E-state index contributed by atoms with van der Waals surface area (Å²) in [6, 6.07) is 34.6. The van der Waals surface area contributed by atoms with Crippen molar-refractivity contribution in [1.82, 2.24) is 5.32 Å². The lowest BCUT2D eigenvalue weighted by atomic mass is 9.90. The van der Waals surface area contributed by atoms with Crippen molar-refractivity contribution < 1.29 is 29.3 Å².